The van der Waals surface area contributed by atoms with Gasteiger partial charge in [-0.15, -0.1) is 11.3 Å². The third-order valence-electron chi connectivity index (χ3n) is 2.89. The molecule has 3 rings (SSSR count). The van der Waals surface area contributed by atoms with Crippen molar-refractivity contribution in [1.82, 2.24) is 4.98 Å². The highest BCUT2D eigenvalue weighted by Crippen LogP contribution is 2.34. The van der Waals surface area contributed by atoms with Crippen LogP contribution in [0.4, 0.5) is 0 Å². The van der Waals surface area contributed by atoms with Crippen molar-refractivity contribution in [3.8, 4) is 11.3 Å². The van der Waals surface area contributed by atoms with Crippen molar-refractivity contribution in [2.75, 3.05) is 6.54 Å². The summed E-state index contributed by atoms with van der Waals surface area (Å²) in [7, 11) is 0. The second-order valence-corrected chi connectivity index (χ2v) is 5.07. The zero-order valence-corrected chi connectivity index (χ0v) is 10.7. The van der Waals surface area contributed by atoms with Crippen LogP contribution in [-0.4, -0.2) is 11.5 Å². The Morgan fingerprint density at radius 2 is 2.17 bits per heavy atom. The third kappa shape index (κ3) is 2.05. The summed E-state index contributed by atoms with van der Waals surface area (Å²) in [6, 6.07) is 8.33. The molecule has 0 aliphatic rings. The second-order valence-electron chi connectivity index (χ2n) is 4.16. The summed E-state index contributed by atoms with van der Waals surface area (Å²) in [5.74, 6) is 1.62. The molecule has 0 aliphatic carbocycles. The maximum Gasteiger partial charge on any atom is 0.194 e. The van der Waals surface area contributed by atoms with E-state index >= 15 is 0 Å². The highest BCUT2D eigenvalue weighted by Gasteiger charge is 2.10. The molecule has 0 saturated carbocycles. The van der Waals surface area contributed by atoms with Crippen LogP contribution in [0.1, 0.15) is 12.3 Å². The summed E-state index contributed by atoms with van der Waals surface area (Å²) in [5, 5.41) is 3.35. The molecule has 2 heterocycles. The van der Waals surface area contributed by atoms with E-state index in [0.29, 0.717) is 6.54 Å². The minimum atomic E-state index is 0.666. The quantitative estimate of drug-likeness (QED) is 0.779. The first kappa shape index (κ1) is 11.4. The van der Waals surface area contributed by atoms with Gasteiger partial charge in [0, 0.05) is 27.5 Å². The van der Waals surface area contributed by atoms with Crippen LogP contribution in [0.25, 0.3) is 21.4 Å². The number of oxazole rings is 1. The van der Waals surface area contributed by atoms with Crippen LogP contribution >= 0.6 is 11.3 Å². The van der Waals surface area contributed by atoms with Gasteiger partial charge >= 0.3 is 0 Å². The molecule has 0 bridgehead atoms. The molecule has 18 heavy (non-hydrogen) atoms. The van der Waals surface area contributed by atoms with Gasteiger partial charge in [0.25, 0.3) is 0 Å². The van der Waals surface area contributed by atoms with Crippen molar-refractivity contribution in [2.45, 2.75) is 12.8 Å². The standard InChI is InChI=1S/C14H14N2OS/c15-7-3-6-14-16-8-12(17-14)11-9-18-13-5-2-1-4-10(11)13/h1-2,4-5,8-9H,3,6-7,15H2. The summed E-state index contributed by atoms with van der Waals surface area (Å²) >= 11 is 1.73. The minimum absolute atomic E-state index is 0.666. The monoisotopic (exact) mass is 258 g/mol. The molecule has 0 fully saturated rings. The number of hydrogen-bond acceptors (Lipinski definition) is 4. The molecule has 0 amide bonds. The van der Waals surface area contributed by atoms with Gasteiger partial charge < -0.3 is 10.2 Å². The van der Waals surface area contributed by atoms with E-state index in [1.54, 1.807) is 17.5 Å². The van der Waals surface area contributed by atoms with Crippen LogP contribution in [0.3, 0.4) is 0 Å². The van der Waals surface area contributed by atoms with Crippen LogP contribution in [-0.2, 0) is 6.42 Å². The summed E-state index contributed by atoms with van der Waals surface area (Å²) in [6.07, 6.45) is 3.52. The Balaban J connectivity index is 1.96. The van der Waals surface area contributed by atoms with E-state index in [-0.39, 0.29) is 0 Å². The van der Waals surface area contributed by atoms with Gasteiger partial charge in [-0.05, 0) is 19.0 Å². The van der Waals surface area contributed by atoms with Crippen molar-refractivity contribution in [3.63, 3.8) is 0 Å². The summed E-state index contributed by atoms with van der Waals surface area (Å²) in [4.78, 5) is 4.30. The molecule has 0 aliphatic heterocycles. The van der Waals surface area contributed by atoms with Crippen LogP contribution in [0.5, 0.6) is 0 Å². The van der Waals surface area contributed by atoms with Gasteiger partial charge in [-0.25, -0.2) is 4.98 Å². The predicted octanol–water partition coefficient (Wildman–Crippen LogP) is 3.45. The predicted molar refractivity (Wildman–Crippen MR) is 74.7 cm³/mol. The van der Waals surface area contributed by atoms with E-state index in [1.165, 1.54) is 10.1 Å². The zero-order chi connectivity index (χ0) is 12.4. The summed E-state index contributed by atoms with van der Waals surface area (Å²) in [6.45, 7) is 0.666. The van der Waals surface area contributed by atoms with Crippen molar-refractivity contribution >= 4 is 21.4 Å². The van der Waals surface area contributed by atoms with Crippen LogP contribution < -0.4 is 5.73 Å². The van der Waals surface area contributed by atoms with Crippen molar-refractivity contribution in [3.05, 3.63) is 41.7 Å². The fourth-order valence-corrected chi connectivity index (χ4v) is 2.92. The normalized spacial score (nSPS) is 11.2. The molecule has 3 nitrogen and oxygen atoms in total. The maximum absolute atomic E-state index is 5.78. The van der Waals surface area contributed by atoms with E-state index in [4.69, 9.17) is 10.2 Å². The zero-order valence-electron chi connectivity index (χ0n) is 9.93. The highest BCUT2D eigenvalue weighted by molar-refractivity contribution is 7.17. The van der Waals surface area contributed by atoms with Gasteiger partial charge in [0.1, 0.15) is 0 Å². The average Bonchev–Trinajstić information content (AvgIpc) is 3.02. The van der Waals surface area contributed by atoms with Gasteiger partial charge in [0.05, 0.1) is 6.20 Å². The molecule has 0 radical (unpaired) electrons. The first-order valence-corrected chi connectivity index (χ1v) is 6.88. The lowest BCUT2D eigenvalue weighted by molar-refractivity contribution is 0.500. The van der Waals surface area contributed by atoms with E-state index in [9.17, 15) is 0 Å². The van der Waals surface area contributed by atoms with E-state index < -0.39 is 0 Å². The summed E-state index contributed by atoms with van der Waals surface area (Å²) in [5.41, 5.74) is 6.61. The number of nitrogens with two attached hydrogens (primary N) is 1. The molecule has 92 valence electrons. The number of nitrogens with zero attached hydrogens (tertiary/aromatic N) is 1. The molecule has 2 N–H and O–H groups in total. The van der Waals surface area contributed by atoms with E-state index in [1.807, 2.05) is 6.07 Å². The number of thiophene rings is 1. The largest absolute Gasteiger partial charge is 0.441 e. The minimum Gasteiger partial charge on any atom is -0.441 e. The molecule has 0 atom stereocenters. The Bertz CT molecular complexity index is 656. The molecule has 0 saturated heterocycles. The lowest BCUT2D eigenvalue weighted by atomic mass is 10.1. The number of hydrogen-bond donors (Lipinski definition) is 1. The Hall–Kier alpha value is -1.65. The Morgan fingerprint density at radius 3 is 3.06 bits per heavy atom. The molecular formula is C14H14N2OS. The van der Waals surface area contributed by atoms with E-state index in [2.05, 4.69) is 28.6 Å². The lowest BCUT2D eigenvalue weighted by Crippen LogP contribution is -2.00. The molecule has 4 heteroatoms. The Labute approximate surface area is 109 Å². The van der Waals surface area contributed by atoms with Gasteiger partial charge in [0.15, 0.2) is 11.7 Å². The average molecular weight is 258 g/mol. The maximum atomic E-state index is 5.78. The molecular weight excluding hydrogens is 244 g/mol. The fourth-order valence-electron chi connectivity index (χ4n) is 1.97. The van der Waals surface area contributed by atoms with Crippen molar-refractivity contribution < 1.29 is 4.42 Å². The molecule has 0 spiro atoms. The van der Waals surface area contributed by atoms with E-state index in [0.717, 1.165) is 30.1 Å². The van der Waals surface area contributed by atoms with Crippen LogP contribution in [0.2, 0.25) is 0 Å². The summed E-state index contributed by atoms with van der Waals surface area (Å²) < 4.78 is 7.05. The van der Waals surface area contributed by atoms with Crippen LogP contribution in [0.15, 0.2) is 40.3 Å². The molecule has 0 unspecified atom stereocenters. The molecule has 1 aromatic carbocycles. The molecule has 3 aromatic rings. The fraction of sp³-hybridized carbons (Fsp3) is 0.214. The lowest BCUT2D eigenvalue weighted by Gasteiger charge is -1.94. The Kier molecular flexibility index (Phi) is 3.13. The number of aryl methyl sites for hydroxylation is 1. The van der Waals surface area contributed by atoms with Gasteiger partial charge in [-0.1, -0.05) is 18.2 Å². The SMILES string of the molecule is NCCCc1ncc(-c2csc3ccccc23)o1. The van der Waals surface area contributed by atoms with Crippen molar-refractivity contribution in [1.29, 1.82) is 0 Å². The van der Waals surface area contributed by atoms with Crippen LogP contribution in [0, 0.1) is 0 Å². The van der Waals surface area contributed by atoms with Gasteiger partial charge in [0.2, 0.25) is 0 Å². The Morgan fingerprint density at radius 1 is 1.28 bits per heavy atom. The number of aromatic nitrogens is 1. The molecule has 2 aromatic heterocycles. The third-order valence-corrected chi connectivity index (χ3v) is 3.86. The number of benzene rings is 1. The first-order chi connectivity index (χ1) is 8.88. The number of fused-ring (bicyclic) bond motifs is 1. The topological polar surface area (TPSA) is 52.0 Å². The number of rotatable bonds is 4. The van der Waals surface area contributed by atoms with Gasteiger partial charge in [-0.2, -0.15) is 0 Å². The first-order valence-electron chi connectivity index (χ1n) is 6.00. The highest BCUT2D eigenvalue weighted by atomic mass is 32.1. The second kappa shape index (κ2) is 4.92. The smallest absolute Gasteiger partial charge is 0.194 e. The van der Waals surface area contributed by atoms with Crippen molar-refractivity contribution in [2.24, 2.45) is 5.73 Å². The van der Waals surface area contributed by atoms with Gasteiger partial charge in [-0.3, -0.25) is 0 Å².